The van der Waals surface area contributed by atoms with Crippen LogP contribution in [0, 0.1) is 7.14 Å². The van der Waals surface area contributed by atoms with E-state index in [4.69, 9.17) is 13.9 Å². The van der Waals surface area contributed by atoms with E-state index in [1.807, 2.05) is 30.3 Å². The van der Waals surface area contributed by atoms with Crippen LogP contribution in [0.15, 0.2) is 74.7 Å². The van der Waals surface area contributed by atoms with Gasteiger partial charge >= 0.3 is 5.91 Å². The van der Waals surface area contributed by atoms with E-state index in [0.717, 1.165) is 13.4 Å². The van der Waals surface area contributed by atoms with E-state index in [1.165, 1.54) is 13.3 Å². The van der Waals surface area contributed by atoms with Gasteiger partial charge in [0.25, 0.3) is 5.91 Å². The molecule has 0 unspecified atom stereocenters. The third kappa shape index (κ3) is 6.56. The molecule has 0 fully saturated rings. The minimum absolute atomic E-state index is 0.155. The van der Waals surface area contributed by atoms with Crippen LogP contribution in [0.2, 0.25) is 0 Å². The highest BCUT2D eigenvalue weighted by atomic mass is 127. The third-order valence-corrected chi connectivity index (χ3v) is 6.86. The fourth-order valence-electron chi connectivity index (χ4n) is 3.22. The number of nitrogens with zero attached hydrogens (tertiary/aromatic N) is 1. The number of carbonyl (C=O) groups is 2. The first-order valence-electron chi connectivity index (χ1n) is 10.4. The van der Waals surface area contributed by atoms with Crippen molar-refractivity contribution in [3.63, 3.8) is 0 Å². The molecule has 0 aliphatic carbocycles. The molecule has 11 heteroatoms. The summed E-state index contributed by atoms with van der Waals surface area (Å²) < 4.78 is 19.4. The molecule has 2 amide bonds. The summed E-state index contributed by atoms with van der Waals surface area (Å²) in [6.07, 6.45) is 1.48. The van der Waals surface area contributed by atoms with Gasteiger partial charge in [-0.05, 0) is 93.2 Å². The Bertz CT molecular complexity index is 1460. The van der Waals surface area contributed by atoms with E-state index < -0.39 is 5.91 Å². The normalized spacial score (nSPS) is 11.0. The van der Waals surface area contributed by atoms with E-state index in [1.54, 1.807) is 30.3 Å². The highest BCUT2D eigenvalue weighted by Gasteiger charge is 2.15. The molecule has 3 aromatic carbocycles. The summed E-state index contributed by atoms with van der Waals surface area (Å²) in [5.41, 5.74) is 4.47. The van der Waals surface area contributed by atoms with Gasteiger partial charge in [-0.1, -0.05) is 34.1 Å². The lowest BCUT2D eigenvalue weighted by Gasteiger charge is -2.13. The predicted molar refractivity (Wildman–Crippen MR) is 158 cm³/mol. The van der Waals surface area contributed by atoms with Gasteiger partial charge in [0.05, 0.1) is 20.5 Å². The quantitative estimate of drug-likeness (QED) is 0.126. The zero-order chi connectivity index (χ0) is 25.7. The average molecular weight is 774 g/mol. The zero-order valence-corrected chi connectivity index (χ0v) is 24.6. The van der Waals surface area contributed by atoms with Crippen molar-refractivity contribution in [1.82, 2.24) is 5.43 Å². The van der Waals surface area contributed by atoms with Crippen LogP contribution >= 0.6 is 61.1 Å². The summed E-state index contributed by atoms with van der Waals surface area (Å²) in [7, 11) is 1.51. The number of para-hydroxylation sites is 1. The third-order valence-electron chi connectivity index (χ3n) is 4.80. The summed E-state index contributed by atoms with van der Waals surface area (Å²) in [5, 5.41) is 7.62. The fraction of sp³-hybridized carbons (Fsp3) is 0.0800. The van der Waals surface area contributed by atoms with E-state index in [0.29, 0.717) is 31.9 Å². The van der Waals surface area contributed by atoms with Gasteiger partial charge in [0.2, 0.25) is 0 Å². The van der Waals surface area contributed by atoms with Crippen LogP contribution in [0.5, 0.6) is 11.5 Å². The van der Waals surface area contributed by atoms with Gasteiger partial charge in [0.15, 0.2) is 23.9 Å². The van der Waals surface area contributed by atoms with Gasteiger partial charge in [0, 0.05) is 15.5 Å². The number of furan rings is 1. The molecule has 4 rings (SSSR count). The van der Waals surface area contributed by atoms with Crippen LogP contribution in [0.1, 0.15) is 16.1 Å². The van der Waals surface area contributed by atoms with Crippen molar-refractivity contribution in [3.05, 3.63) is 83.6 Å². The molecule has 36 heavy (non-hydrogen) atoms. The summed E-state index contributed by atoms with van der Waals surface area (Å²) >= 11 is 7.68. The largest absolute Gasteiger partial charge is 0.493 e. The molecule has 184 valence electrons. The Hall–Kier alpha value is -2.65. The number of rotatable bonds is 8. The molecule has 4 aromatic rings. The van der Waals surface area contributed by atoms with Gasteiger partial charge in [-0.3, -0.25) is 9.59 Å². The number of methoxy groups -OCH3 is 1. The lowest BCUT2D eigenvalue weighted by Crippen LogP contribution is -2.20. The summed E-state index contributed by atoms with van der Waals surface area (Å²) in [4.78, 5) is 24.7. The van der Waals surface area contributed by atoms with E-state index in [9.17, 15) is 9.59 Å². The minimum Gasteiger partial charge on any atom is -0.493 e. The SMILES string of the molecule is COc1cc(/C=N\NC(=O)c2cc3cc(Br)cc(I)c3o2)cc(I)c1OCC(=O)Nc1ccccc1. The first-order chi connectivity index (χ1) is 17.3. The molecule has 1 heterocycles. The lowest BCUT2D eigenvalue weighted by molar-refractivity contribution is -0.118. The number of hydrogen-bond donors (Lipinski definition) is 2. The van der Waals surface area contributed by atoms with Crippen molar-refractivity contribution in [1.29, 1.82) is 0 Å². The summed E-state index contributed by atoms with van der Waals surface area (Å²) in [6, 6.07) is 18.1. The number of halogens is 3. The van der Waals surface area contributed by atoms with Gasteiger partial charge < -0.3 is 19.2 Å². The number of ether oxygens (including phenoxy) is 2. The molecule has 8 nitrogen and oxygen atoms in total. The Morgan fingerprint density at radius 1 is 1.08 bits per heavy atom. The molecule has 0 aliphatic heterocycles. The van der Waals surface area contributed by atoms with E-state index >= 15 is 0 Å². The Labute approximate surface area is 242 Å². The van der Waals surface area contributed by atoms with Crippen LogP contribution in [0.25, 0.3) is 11.0 Å². The predicted octanol–water partition coefficient (Wildman–Crippen LogP) is 6.19. The maximum atomic E-state index is 12.5. The van der Waals surface area contributed by atoms with Crippen molar-refractivity contribution >= 4 is 95.8 Å². The highest BCUT2D eigenvalue weighted by molar-refractivity contribution is 14.1. The molecule has 1 aromatic heterocycles. The number of fused-ring (bicyclic) bond motifs is 1. The maximum absolute atomic E-state index is 12.5. The topological polar surface area (TPSA) is 102 Å². The molecule has 0 spiro atoms. The fourth-order valence-corrected chi connectivity index (χ4v) is 5.66. The van der Waals surface area contributed by atoms with Crippen molar-refractivity contribution in [3.8, 4) is 11.5 Å². The standard InChI is InChI=1S/C25H18BrI2N3O5/c1-34-20-8-14(7-18(27)24(20)35-13-22(32)30-17-5-3-2-4-6-17)12-29-31-25(33)21-10-15-9-16(26)11-19(28)23(15)36-21/h2-12H,13H2,1H3,(H,30,32)(H,31,33)/b29-12-. The van der Waals surface area contributed by atoms with Crippen LogP contribution < -0.4 is 20.2 Å². The molecular formula is C25H18BrI2N3O5. The molecule has 0 saturated carbocycles. The van der Waals surface area contributed by atoms with Crippen molar-refractivity contribution in [2.45, 2.75) is 0 Å². The van der Waals surface area contributed by atoms with Crippen molar-refractivity contribution in [2.24, 2.45) is 5.10 Å². The van der Waals surface area contributed by atoms with E-state index in [-0.39, 0.29) is 18.3 Å². The lowest BCUT2D eigenvalue weighted by atomic mass is 10.2. The van der Waals surface area contributed by atoms with Gasteiger partial charge in [0.1, 0.15) is 5.58 Å². The molecule has 0 saturated heterocycles. The average Bonchev–Trinajstić information content (AvgIpc) is 3.28. The number of carbonyl (C=O) groups excluding carboxylic acids is 2. The Balaban J connectivity index is 1.40. The minimum atomic E-state index is -0.472. The first-order valence-corrected chi connectivity index (χ1v) is 13.4. The Morgan fingerprint density at radius 2 is 1.86 bits per heavy atom. The van der Waals surface area contributed by atoms with Crippen LogP contribution in [-0.2, 0) is 4.79 Å². The monoisotopic (exact) mass is 773 g/mol. The van der Waals surface area contributed by atoms with E-state index in [2.05, 4.69) is 77.0 Å². The number of anilines is 1. The molecule has 0 atom stereocenters. The van der Waals surface area contributed by atoms with Crippen LogP contribution in [0.3, 0.4) is 0 Å². The summed E-state index contributed by atoms with van der Waals surface area (Å²) in [6.45, 7) is -0.183. The molecule has 0 radical (unpaired) electrons. The number of nitrogens with one attached hydrogen (secondary N) is 2. The Kier molecular flexibility index (Phi) is 8.85. The second-order valence-corrected chi connectivity index (χ2v) is 10.6. The first kappa shape index (κ1) is 26.4. The number of amides is 2. The number of benzene rings is 3. The highest BCUT2D eigenvalue weighted by Crippen LogP contribution is 2.33. The summed E-state index contributed by atoms with van der Waals surface area (Å²) in [5.74, 6) is 0.258. The molecule has 2 N–H and O–H groups in total. The van der Waals surface area contributed by atoms with Crippen molar-refractivity contribution in [2.75, 3.05) is 19.0 Å². The van der Waals surface area contributed by atoms with Crippen LogP contribution in [-0.4, -0.2) is 31.7 Å². The van der Waals surface area contributed by atoms with Crippen molar-refractivity contribution < 1.29 is 23.5 Å². The Morgan fingerprint density at radius 3 is 2.61 bits per heavy atom. The van der Waals surface area contributed by atoms with Gasteiger partial charge in [-0.25, -0.2) is 5.43 Å². The van der Waals surface area contributed by atoms with Crippen LogP contribution in [0.4, 0.5) is 5.69 Å². The smallest absolute Gasteiger partial charge is 0.307 e. The molecule has 0 bridgehead atoms. The second-order valence-electron chi connectivity index (χ2n) is 7.35. The molecule has 0 aliphatic rings. The van der Waals surface area contributed by atoms with Gasteiger partial charge in [-0.15, -0.1) is 0 Å². The number of hydrogen-bond acceptors (Lipinski definition) is 6. The maximum Gasteiger partial charge on any atom is 0.307 e. The van der Waals surface area contributed by atoms with Gasteiger partial charge in [-0.2, -0.15) is 5.10 Å². The molecular weight excluding hydrogens is 756 g/mol. The second kappa shape index (κ2) is 12.1. The number of hydrazone groups is 1. The zero-order valence-electron chi connectivity index (χ0n) is 18.7.